The fourth-order valence-electron chi connectivity index (χ4n) is 1.63. The quantitative estimate of drug-likeness (QED) is 0.758. The number of hydrogen-bond donors (Lipinski definition) is 1. The number of fused-ring (bicyclic) bond motifs is 1. The Morgan fingerprint density at radius 3 is 3.06 bits per heavy atom. The van der Waals surface area contributed by atoms with Gasteiger partial charge in [-0.1, -0.05) is 0 Å². The van der Waals surface area contributed by atoms with Crippen molar-refractivity contribution in [3.05, 3.63) is 24.6 Å². The second kappa shape index (κ2) is 6.37. The lowest BCUT2D eigenvalue weighted by molar-refractivity contribution is 0.126. The zero-order valence-electron chi connectivity index (χ0n) is 10.8. The molecule has 5 nitrogen and oxygen atoms in total. The molecular formula is C13H19N3O2. The van der Waals surface area contributed by atoms with E-state index in [9.17, 15) is 0 Å². The van der Waals surface area contributed by atoms with Crippen molar-refractivity contribution < 1.29 is 9.15 Å². The molecule has 0 saturated heterocycles. The van der Waals surface area contributed by atoms with Crippen molar-refractivity contribution in [2.45, 2.75) is 0 Å². The van der Waals surface area contributed by atoms with Crippen molar-refractivity contribution in [2.75, 3.05) is 45.7 Å². The summed E-state index contributed by atoms with van der Waals surface area (Å²) in [6.45, 7) is 3.10. The van der Waals surface area contributed by atoms with Gasteiger partial charge in [0.1, 0.15) is 11.4 Å². The Bertz CT molecular complexity index is 482. The SMILES string of the molecule is CN(C)CCOCCNc1nccc2occc12. The van der Waals surface area contributed by atoms with Crippen LogP contribution in [0.5, 0.6) is 0 Å². The van der Waals surface area contributed by atoms with Crippen LogP contribution in [0.2, 0.25) is 0 Å². The molecule has 0 bridgehead atoms. The van der Waals surface area contributed by atoms with Crippen molar-refractivity contribution in [3.63, 3.8) is 0 Å². The summed E-state index contributed by atoms with van der Waals surface area (Å²) in [5, 5.41) is 4.26. The normalized spacial score (nSPS) is 11.3. The Kier molecular flexibility index (Phi) is 4.55. The van der Waals surface area contributed by atoms with E-state index >= 15 is 0 Å². The van der Waals surface area contributed by atoms with Crippen LogP contribution in [-0.2, 0) is 4.74 Å². The number of furan rings is 1. The highest BCUT2D eigenvalue weighted by atomic mass is 16.5. The van der Waals surface area contributed by atoms with Gasteiger partial charge in [0.25, 0.3) is 0 Å². The van der Waals surface area contributed by atoms with Gasteiger partial charge >= 0.3 is 0 Å². The summed E-state index contributed by atoms with van der Waals surface area (Å²) >= 11 is 0. The van der Waals surface area contributed by atoms with E-state index in [2.05, 4.69) is 15.2 Å². The van der Waals surface area contributed by atoms with Crippen LogP contribution in [-0.4, -0.2) is 50.3 Å². The van der Waals surface area contributed by atoms with Crippen molar-refractivity contribution in [3.8, 4) is 0 Å². The van der Waals surface area contributed by atoms with Gasteiger partial charge in [0, 0.05) is 19.3 Å². The highest BCUT2D eigenvalue weighted by Crippen LogP contribution is 2.21. The van der Waals surface area contributed by atoms with E-state index in [1.165, 1.54) is 0 Å². The molecule has 0 radical (unpaired) electrons. The highest BCUT2D eigenvalue weighted by molar-refractivity contribution is 5.87. The van der Waals surface area contributed by atoms with Gasteiger partial charge in [-0.15, -0.1) is 0 Å². The molecule has 0 spiro atoms. The molecule has 1 N–H and O–H groups in total. The summed E-state index contributed by atoms with van der Waals surface area (Å²) in [7, 11) is 4.07. The summed E-state index contributed by atoms with van der Waals surface area (Å²) < 4.78 is 10.8. The van der Waals surface area contributed by atoms with Crippen molar-refractivity contribution >= 4 is 16.8 Å². The molecule has 0 unspecified atom stereocenters. The molecular weight excluding hydrogens is 230 g/mol. The first-order chi connectivity index (χ1) is 8.77. The molecule has 0 aliphatic rings. The third kappa shape index (κ3) is 3.45. The predicted molar refractivity (Wildman–Crippen MR) is 71.9 cm³/mol. The zero-order chi connectivity index (χ0) is 12.8. The summed E-state index contributed by atoms with van der Waals surface area (Å²) in [6.07, 6.45) is 3.41. The lowest BCUT2D eigenvalue weighted by Crippen LogP contribution is -2.20. The fraction of sp³-hybridized carbons (Fsp3) is 0.462. The third-order valence-corrected chi connectivity index (χ3v) is 2.60. The summed E-state index contributed by atoms with van der Waals surface area (Å²) in [5.74, 6) is 0.845. The number of nitrogens with one attached hydrogen (secondary N) is 1. The monoisotopic (exact) mass is 249 g/mol. The number of anilines is 1. The van der Waals surface area contributed by atoms with Crippen LogP contribution in [0, 0.1) is 0 Å². The molecule has 5 heteroatoms. The summed E-state index contributed by atoms with van der Waals surface area (Å²) in [5.41, 5.74) is 0.848. The topological polar surface area (TPSA) is 50.5 Å². The summed E-state index contributed by atoms with van der Waals surface area (Å²) in [6, 6.07) is 3.77. The first-order valence-electron chi connectivity index (χ1n) is 6.06. The van der Waals surface area contributed by atoms with E-state index in [0.29, 0.717) is 6.61 Å². The Balaban J connectivity index is 1.75. The van der Waals surface area contributed by atoms with Crippen molar-refractivity contribution in [1.29, 1.82) is 0 Å². The third-order valence-electron chi connectivity index (χ3n) is 2.60. The highest BCUT2D eigenvalue weighted by Gasteiger charge is 2.03. The number of hydrogen-bond acceptors (Lipinski definition) is 5. The van der Waals surface area contributed by atoms with E-state index in [-0.39, 0.29) is 0 Å². The van der Waals surface area contributed by atoms with Crippen LogP contribution < -0.4 is 5.32 Å². The van der Waals surface area contributed by atoms with Gasteiger partial charge in [0.15, 0.2) is 0 Å². The lowest BCUT2D eigenvalue weighted by Gasteiger charge is -2.10. The molecule has 0 aliphatic carbocycles. The van der Waals surface area contributed by atoms with E-state index < -0.39 is 0 Å². The minimum absolute atomic E-state index is 0.670. The number of ether oxygens (including phenoxy) is 1. The van der Waals surface area contributed by atoms with Crippen LogP contribution in [0.1, 0.15) is 0 Å². The molecule has 18 heavy (non-hydrogen) atoms. The molecule has 2 heterocycles. The van der Waals surface area contributed by atoms with Gasteiger partial charge in [0.05, 0.1) is 24.9 Å². The molecule has 2 rings (SSSR count). The molecule has 2 aromatic rings. The van der Waals surface area contributed by atoms with Gasteiger partial charge < -0.3 is 19.4 Å². The first kappa shape index (κ1) is 12.9. The molecule has 0 saturated carbocycles. The van der Waals surface area contributed by atoms with Gasteiger partial charge in [-0.05, 0) is 26.2 Å². The van der Waals surface area contributed by atoms with Gasteiger partial charge in [-0.3, -0.25) is 0 Å². The maximum atomic E-state index is 5.50. The molecule has 2 aromatic heterocycles. The van der Waals surface area contributed by atoms with Crippen LogP contribution in [0.25, 0.3) is 11.0 Å². The average Bonchev–Trinajstić information content (AvgIpc) is 2.82. The van der Waals surface area contributed by atoms with E-state index in [1.807, 2.05) is 26.2 Å². The van der Waals surface area contributed by atoms with Crippen LogP contribution >= 0.6 is 0 Å². The van der Waals surface area contributed by atoms with E-state index in [0.717, 1.165) is 36.5 Å². The maximum Gasteiger partial charge on any atom is 0.139 e. The van der Waals surface area contributed by atoms with Crippen LogP contribution in [0.3, 0.4) is 0 Å². The second-order valence-electron chi connectivity index (χ2n) is 4.33. The predicted octanol–water partition coefficient (Wildman–Crippen LogP) is 1.82. The number of pyridine rings is 1. The minimum Gasteiger partial charge on any atom is -0.464 e. The maximum absolute atomic E-state index is 5.50. The van der Waals surface area contributed by atoms with Crippen molar-refractivity contribution in [1.82, 2.24) is 9.88 Å². The Morgan fingerprint density at radius 1 is 1.33 bits per heavy atom. The Hall–Kier alpha value is -1.59. The number of rotatable bonds is 7. The van der Waals surface area contributed by atoms with E-state index in [4.69, 9.17) is 9.15 Å². The van der Waals surface area contributed by atoms with Crippen LogP contribution in [0.4, 0.5) is 5.82 Å². The molecule has 98 valence electrons. The smallest absolute Gasteiger partial charge is 0.139 e. The first-order valence-corrected chi connectivity index (χ1v) is 6.06. The van der Waals surface area contributed by atoms with Crippen LogP contribution in [0.15, 0.2) is 29.0 Å². The standard InChI is InChI=1S/C13H19N3O2/c1-16(2)7-10-17-9-6-15-13-11-4-8-18-12(11)3-5-14-13/h3-5,8H,6-7,9-10H2,1-2H3,(H,14,15). The van der Waals surface area contributed by atoms with E-state index in [1.54, 1.807) is 12.5 Å². The number of nitrogens with zero attached hydrogens (tertiary/aromatic N) is 2. The summed E-state index contributed by atoms with van der Waals surface area (Å²) in [4.78, 5) is 6.39. The van der Waals surface area contributed by atoms with Gasteiger partial charge in [-0.25, -0.2) is 4.98 Å². The molecule has 0 aliphatic heterocycles. The lowest BCUT2D eigenvalue weighted by atomic mass is 10.3. The number of aromatic nitrogens is 1. The number of likely N-dealkylation sites (N-methyl/N-ethyl adjacent to an activating group) is 1. The van der Waals surface area contributed by atoms with Crippen molar-refractivity contribution in [2.24, 2.45) is 0 Å². The fourth-order valence-corrected chi connectivity index (χ4v) is 1.63. The zero-order valence-corrected chi connectivity index (χ0v) is 10.8. The Morgan fingerprint density at radius 2 is 2.22 bits per heavy atom. The molecule has 0 aromatic carbocycles. The molecule has 0 atom stereocenters. The van der Waals surface area contributed by atoms with Gasteiger partial charge in [0.2, 0.25) is 0 Å². The Labute approximate surface area is 107 Å². The largest absolute Gasteiger partial charge is 0.464 e. The molecule has 0 fully saturated rings. The average molecular weight is 249 g/mol. The van der Waals surface area contributed by atoms with Gasteiger partial charge in [-0.2, -0.15) is 0 Å². The minimum atomic E-state index is 0.670. The molecule has 0 amide bonds. The second-order valence-corrected chi connectivity index (χ2v) is 4.33.